The minimum Gasteiger partial charge on any atom is -0.508 e. The van der Waals surface area contributed by atoms with E-state index in [0.29, 0.717) is 5.56 Å². The van der Waals surface area contributed by atoms with Gasteiger partial charge in [-0.3, -0.25) is 4.90 Å². The average Bonchev–Trinajstić information content (AvgIpc) is 2.34. The Morgan fingerprint density at radius 1 is 1.10 bits per heavy atom. The van der Waals surface area contributed by atoms with Crippen molar-refractivity contribution in [2.75, 3.05) is 26.2 Å². The predicted octanol–water partition coefficient (Wildman–Crippen LogP) is 1.78. The van der Waals surface area contributed by atoms with Gasteiger partial charge in [0.05, 0.1) is 11.6 Å². The molecule has 0 bridgehead atoms. The van der Waals surface area contributed by atoms with Crippen LogP contribution in [0, 0.1) is 0 Å². The highest BCUT2D eigenvalue weighted by atomic mass is 35.5. The largest absolute Gasteiger partial charge is 0.508 e. The van der Waals surface area contributed by atoms with Crippen LogP contribution in [0.3, 0.4) is 0 Å². The van der Waals surface area contributed by atoms with Crippen LogP contribution in [0.4, 0.5) is 0 Å². The Morgan fingerprint density at radius 2 is 1.60 bits per heavy atom. The third-order valence-electron chi connectivity index (χ3n) is 3.19. The van der Waals surface area contributed by atoms with Crippen molar-refractivity contribution in [3.05, 3.63) is 30.4 Å². The normalized spacial score (nSPS) is 16.6. The van der Waals surface area contributed by atoms with Gasteiger partial charge in [0.1, 0.15) is 17.2 Å². The number of phenolic OH excluding ortho intramolecular Hbond substituents is 3. The summed E-state index contributed by atoms with van der Waals surface area (Å²) in [6, 6.07) is 2.20. The highest BCUT2D eigenvalue weighted by Gasteiger charge is 2.25. The van der Waals surface area contributed by atoms with Gasteiger partial charge in [-0.2, -0.15) is 0 Å². The molecule has 0 unspecified atom stereocenters. The van der Waals surface area contributed by atoms with Crippen molar-refractivity contribution in [1.82, 2.24) is 10.2 Å². The molecule has 2 rings (SSSR count). The molecule has 4 N–H and O–H groups in total. The molecule has 0 amide bonds. The first-order valence-electron chi connectivity index (χ1n) is 5.95. The maximum atomic E-state index is 9.89. The van der Waals surface area contributed by atoms with E-state index < -0.39 is 0 Å². The van der Waals surface area contributed by atoms with E-state index in [9.17, 15) is 15.3 Å². The van der Waals surface area contributed by atoms with Gasteiger partial charge in [-0.05, 0) is 0 Å². The van der Waals surface area contributed by atoms with Crippen LogP contribution in [0.15, 0.2) is 24.8 Å². The first kappa shape index (κ1) is 18.9. The molecule has 1 aliphatic rings. The Bertz CT molecular complexity index is 428. The van der Waals surface area contributed by atoms with Crippen LogP contribution < -0.4 is 5.32 Å². The molecule has 0 radical (unpaired) electrons. The second kappa shape index (κ2) is 8.21. The number of hydrogen-bond acceptors (Lipinski definition) is 5. The van der Waals surface area contributed by atoms with Crippen LogP contribution in [-0.2, 0) is 0 Å². The summed E-state index contributed by atoms with van der Waals surface area (Å²) >= 11 is 0. The summed E-state index contributed by atoms with van der Waals surface area (Å²) < 4.78 is 0. The Morgan fingerprint density at radius 3 is 2.05 bits per heavy atom. The molecule has 0 spiro atoms. The molecule has 1 fully saturated rings. The van der Waals surface area contributed by atoms with E-state index in [1.54, 1.807) is 6.08 Å². The molecule has 1 aliphatic heterocycles. The number of phenols is 3. The lowest BCUT2D eigenvalue weighted by Crippen LogP contribution is -2.44. The monoisotopic (exact) mass is 322 g/mol. The van der Waals surface area contributed by atoms with Crippen molar-refractivity contribution in [3.63, 3.8) is 0 Å². The fourth-order valence-corrected chi connectivity index (χ4v) is 2.32. The lowest BCUT2D eigenvalue weighted by atomic mass is 10.0. The van der Waals surface area contributed by atoms with Gasteiger partial charge in [0.25, 0.3) is 0 Å². The van der Waals surface area contributed by atoms with Crippen LogP contribution in [-0.4, -0.2) is 46.4 Å². The molecule has 7 heteroatoms. The number of piperazine rings is 1. The van der Waals surface area contributed by atoms with Gasteiger partial charge in [-0.1, -0.05) is 6.08 Å². The Balaban J connectivity index is 0.00000180. The maximum Gasteiger partial charge on any atom is 0.128 e. The zero-order valence-corrected chi connectivity index (χ0v) is 12.6. The summed E-state index contributed by atoms with van der Waals surface area (Å²) in [5.41, 5.74) is 0.393. The van der Waals surface area contributed by atoms with Gasteiger partial charge in [0.15, 0.2) is 0 Å². The quantitative estimate of drug-likeness (QED) is 0.638. The molecular formula is C13H20Cl2N2O3. The van der Waals surface area contributed by atoms with E-state index in [-0.39, 0.29) is 48.1 Å². The molecule has 0 aliphatic carbocycles. The van der Waals surface area contributed by atoms with E-state index in [2.05, 4.69) is 16.8 Å². The van der Waals surface area contributed by atoms with Crippen LogP contribution in [0.25, 0.3) is 0 Å². The zero-order valence-electron chi connectivity index (χ0n) is 11.0. The maximum absolute atomic E-state index is 9.89. The fourth-order valence-electron chi connectivity index (χ4n) is 2.32. The van der Waals surface area contributed by atoms with E-state index in [1.807, 2.05) is 0 Å². The van der Waals surface area contributed by atoms with E-state index in [1.165, 1.54) is 12.1 Å². The van der Waals surface area contributed by atoms with E-state index in [0.717, 1.165) is 26.2 Å². The number of aromatic hydroxyl groups is 3. The van der Waals surface area contributed by atoms with Gasteiger partial charge in [0, 0.05) is 38.3 Å². The smallest absolute Gasteiger partial charge is 0.128 e. The molecule has 114 valence electrons. The van der Waals surface area contributed by atoms with Gasteiger partial charge >= 0.3 is 0 Å². The topological polar surface area (TPSA) is 76.0 Å². The van der Waals surface area contributed by atoms with Crippen molar-refractivity contribution >= 4 is 24.8 Å². The highest BCUT2D eigenvalue weighted by molar-refractivity contribution is 5.85. The van der Waals surface area contributed by atoms with Gasteiger partial charge < -0.3 is 20.6 Å². The molecular weight excluding hydrogens is 303 g/mol. The fraction of sp³-hybridized carbons (Fsp3) is 0.385. The van der Waals surface area contributed by atoms with Crippen molar-refractivity contribution in [2.45, 2.75) is 6.04 Å². The van der Waals surface area contributed by atoms with Crippen LogP contribution >= 0.6 is 24.8 Å². The van der Waals surface area contributed by atoms with Crippen molar-refractivity contribution in [3.8, 4) is 17.2 Å². The zero-order chi connectivity index (χ0) is 13.1. The SMILES string of the molecule is C=C[C@@H](c1c(O)cc(O)cc1O)N1CCNCC1.Cl.Cl. The minimum absolute atomic E-state index is 0. The summed E-state index contributed by atoms with van der Waals surface area (Å²) in [7, 11) is 0. The summed E-state index contributed by atoms with van der Waals surface area (Å²) in [6.45, 7) is 7.13. The molecule has 1 aromatic carbocycles. The molecule has 5 nitrogen and oxygen atoms in total. The average molecular weight is 323 g/mol. The molecule has 1 atom stereocenters. The molecule has 1 aromatic rings. The first-order chi connectivity index (χ1) is 8.63. The third kappa shape index (κ3) is 3.93. The highest BCUT2D eigenvalue weighted by Crippen LogP contribution is 2.39. The molecule has 1 heterocycles. The summed E-state index contributed by atoms with van der Waals surface area (Å²) in [4.78, 5) is 2.12. The predicted molar refractivity (Wildman–Crippen MR) is 83.3 cm³/mol. The number of halogens is 2. The van der Waals surface area contributed by atoms with Crippen molar-refractivity contribution in [2.24, 2.45) is 0 Å². The molecule has 0 aromatic heterocycles. The summed E-state index contributed by atoms with van der Waals surface area (Å²) in [5.74, 6) is -0.385. The molecule has 20 heavy (non-hydrogen) atoms. The van der Waals surface area contributed by atoms with E-state index in [4.69, 9.17) is 0 Å². The lowest BCUT2D eigenvalue weighted by molar-refractivity contribution is 0.198. The second-order valence-corrected chi connectivity index (χ2v) is 4.36. The van der Waals surface area contributed by atoms with Crippen molar-refractivity contribution in [1.29, 1.82) is 0 Å². The second-order valence-electron chi connectivity index (χ2n) is 4.36. The van der Waals surface area contributed by atoms with Gasteiger partial charge in [0.2, 0.25) is 0 Å². The summed E-state index contributed by atoms with van der Waals surface area (Å²) in [5, 5.41) is 32.3. The van der Waals surface area contributed by atoms with Crippen LogP contribution in [0.5, 0.6) is 17.2 Å². The van der Waals surface area contributed by atoms with Crippen molar-refractivity contribution < 1.29 is 15.3 Å². The van der Waals surface area contributed by atoms with Gasteiger partial charge in [-0.15, -0.1) is 31.4 Å². The minimum atomic E-state index is -0.257. The van der Waals surface area contributed by atoms with Crippen LogP contribution in [0.1, 0.15) is 11.6 Å². The first-order valence-corrected chi connectivity index (χ1v) is 5.95. The Labute approximate surface area is 130 Å². The number of nitrogens with zero attached hydrogens (tertiary/aromatic N) is 1. The number of hydrogen-bond donors (Lipinski definition) is 4. The number of benzene rings is 1. The van der Waals surface area contributed by atoms with Gasteiger partial charge in [-0.25, -0.2) is 0 Å². The lowest BCUT2D eigenvalue weighted by Gasteiger charge is -2.33. The van der Waals surface area contributed by atoms with Crippen LogP contribution in [0.2, 0.25) is 0 Å². The number of rotatable bonds is 3. The molecule has 1 saturated heterocycles. The third-order valence-corrected chi connectivity index (χ3v) is 3.19. The Hall–Kier alpha value is -1.14. The standard InChI is InChI=1S/C13H18N2O3.2ClH/c1-2-10(15-5-3-14-4-6-15)13-11(17)7-9(16)8-12(13)18;;/h2,7-8,10,14,16-18H,1,3-6H2;2*1H/t10-;;/m0../s1. The Kier molecular flexibility index (Phi) is 7.75. The van der Waals surface area contributed by atoms with E-state index >= 15 is 0 Å². The molecule has 0 saturated carbocycles. The number of nitrogens with one attached hydrogen (secondary N) is 1. The summed E-state index contributed by atoms with van der Waals surface area (Å²) in [6.07, 6.45) is 1.69.